The van der Waals surface area contributed by atoms with Crippen LogP contribution in [0.15, 0.2) is 18.5 Å². The lowest BCUT2D eigenvalue weighted by Crippen LogP contribution is -2.58. The summed E-state index contributed by atoms with van der Waals surface area (Å²) in [6.45, 7) is 6.70. The number of carbonyl (C=O) groups is 2. The molecule has 198 valence electrons. The number of aromatic nitrogens is 3. The number of pyridine rings is 1. The summed E-state index contributed by atoms with van der Waals surface area (Å²) in [5, 5.41) is 9.12. The molecule has 0 unspecified atom stereocenters. The van der Waals surface area contributed by atoms with Crippen LogP contribution in [0.2, 0.25) is 0 Å². The first-order valence-corrected chi connectivity index (χ1v) is 13.6. The third-order valence-corrected chi connectivity index (χ3v) is 7.92. The third kappa shape index (κ3) is 4.23. The molecular formula is C26H35N7O4. The Labute approximate surface area is 216 Å². The lowest BCUT2D eigenvalue weighted by atomic mass is 9.97. The van der Waals surface area contributed by atoms with Gasteiger partial charge in [0.25, 0.3) is 17.4 Å². The number of amides is 2. The van der Waals surface area contributed by atoms with Gasteiger partial charge in [-0.3, -0.25) is 15.1 Å². The fourth-order valence-electron chi connectivity index (χ4n) is 5.81. The van der Waals surface area contributed by atoms with Gasteiger partial charge in [-0.05, 0) is 51.5 Å². The summed E-state index contributed by atoms with van der Waals surface area (Å²) in [4.78, 5) is 41.9. The van der Waals surface area contributed by atoms with Crippen LogP contribution in [0.3, 0.4) is 0 Å². The molecular weight excluding hydrogens is 474 g/mol. The highest BCUT2D eigenvalue weighted by atomic mass is 16.7. The maximum Gasteiger partial charge on any atom is 0.272 e. The molecule has 2 amide bonds. The van der Waals surface area contributed by atoms with Gasteiger partial charge in [-0.1, -0.05) is 0 Å². The number of anilines is 1. The highest BCUT2D eigenvalue weighted by molar-refractivity contribution is 6.13. The minimum atomic E-state index is -1.72. The molecule has 3 saturated heterocycles. The van der Waals surface area contributed by atoms with Crippen LogP contribution >= 0.6 is 0 Å². The predicted molar refractivity (Wildman–Crippen MR) is 137 cm³/mol. The normalized spacial score (nSPS) is 21.9. The van der Waals surface area contributed by atoms with Crippen LogP contribution in [-0.2, 0) is 25.7 Å². The summed E-state index contributed by atoms with van der Waals surface area (Å²) in [6, 6.07) is 0.230. The second kappa shape index (κ2) is 9.94. The number of hydroxylamine groups is 1. The van der Waals surface area contributed by atoms with Crippen LogP contribution in [0.1, 0.15) is 51.0 Å². The summed E-state index contributed by atoms with van der Waals surface area (Å²) >= 11 is 0. The molecule has 2 aromatic rings. The number of fused-ring (bicyclic) bond motifs is 1. The smallest absolute Gasteiger partial charge is 0.272 e. The molecule has 11 heteroatoms. The fourth-order valence-corrected chi connectivity index (χ4v) is 5.81. The Kier molecular flexibility index (Phi) is 6.49. The van der Waals surface area contributed by atoms with Gasteiger partial charge < -0.3 is 19.9 Å². The lowest BCUT2D eigenvalue weighted by Gasteiger charge is -2.31. The molecule has 11 nitrogen and oxygen atoms in total. The highest BCUT2D eigenvalue weighted by Crippen LogP contribution is 2.37. The van der Waals surface area contributed by atoms with Crippen molar-refractivity contribution in [1.29, 1.82) is 0 Å². The molecule has 0 aromatic carbocycles. The zero-order valence-corrected chi connectivity index (χ0v) is 21.4. The first kappa shape index (κ1) is 24.2. The van der Waals surface area contributed by atoms with Crippen molar-refractivity contribution in [3.63, 3.8) is 0 Å². The minimum absolute atomic E-state index is 0.230. The Morgan fingerprint density at radius 1 is 1.05 bits per heavy atom. The lowest BCUT2D eigenvalue weighted by molar-refractivity contribution is -0.169. The molecule has 37 heavy (non-hydrogen) atoms. The summed E-state index contributed by atoms with van der Waals surface area (Å²) in [5.74, 6) is -0.590. The SMILES string of the molecule is CCn1ncc2c(NC3CCOCC3)c(C3=CC(C(=O)N4CCCC4)(C(=O)N4CCCC4)ON3)cnc21. The van der Waals surface area contributed by atoms with Gasteiger partial charge in [0, 0.05) is 63.7 Å². The molecule has 6 rings (SSSR count). The molecule has 0 saturated carbocycles. The Morgan fingerprint density at radius 2 is 1.70 bits per heavy atom. The van der Waals surface area contributed by atoms with Crippen molar-refractivity contribution in [2.45, 2.75) is 63.6 Å². The summed E-state index contributed by atoms with van der Waals surface area (Å²) in [6.07, 6.45) is 10.8. The van der Waals surface area contributed by atoms with Crippen molar-refractivity contribution in [2.75, 3.05) is 44.7 Å². The maximum absolute atomic E-state index is 13.8. The standard InChI is InChI=1S/C26H35N7O4/c1-2-33-23-20(17-28-33)22(29-18-7-13-36-14-8-18)19(16-27-23)21-15-26(37-30-21,24(34)31-9-3-4-10-31)25(35)32-11-5-6-12-32/h15-18,30H,2-14H2,1H3,(H,27,29). The Bertz CT molecular complexity index is 1180. The Hall–Kier alpha value is -3.18. The molecule has 0 bridgehead atoms. The zero-order chi connectivity index (χ0) is 25.4. The second-order valence-corrected chi connectivity index (χ2v) is 10.3. The number of hydrogen-bond donors (Lipinski definition) is 2. The van der Waals surface area contributed by atoms with E-state index in [9.17, 15) is 9.59 Å². The summed E-state index contributed by atoms with van der Waals surface area (Å²) in [5.41, 5.74) is 4.22. The second-order valence-electron chi connectivity index (χ2n) is 10.3. The molecule has 4 aliphatic rings. The van der Waals surface area contributed by atoms with Crippen LogP contribution in [0.4, 0.5) is 5.69 Å². The van der Waals surface area contributed by atoms with Gasteiger partial charge in [-0.25, -0.2) is 14.5 Å². The molecule has 2 aromatic heterocycles. The highest BCUT2D eigenvalue weighted by Gasteiger charge is 2.54. The van der Waals surface area contributed by atoms with Gasteiger partial charge in [0.05, 0.1) is 23.0 Å². The van der Waals surface area contributed by atoms with Gasteiger partial charge in [0.15, 0.2) is 5.65 Å². The van der Waals surface area contributed by atoms with Crippen molar-refractivity contribution < 1.29 is 19.2 Å². The van der Waals surface area contributed by atoms with E-state index in [2.05, 4.69) is 15.9 Å². The Balaban J connectivity index is 1.43. The van der Waals surface area contributed by atoms with Crippen molar-refractivity contribution >= 4 is 34.2 Å². The van der Waals surface area contributed by atoms with Gasteiger partial charge in [0.1, 0.15) is 0 Å². The van der Waals surface area contributed by atoms with Crippen molar-refractivity contribution in [2.24, 2.45) is 0 Å². The molecule has 0 aliphatic carbocycles. The van der Waals surface area contributed by atoms with Gasteiger partial charge in [0.2, 0.25) is 0 Å². The zero-order valence-electron chi connectivity index (χ0n) is 21.4. The van der Waals surface area contributed by atoms with Crippen molar-refractivity contribution in [1.82, 2.24) is 30.0 Å². The van der Waals surface area contributed by atoms with Crippen LogP contribution in [0.25, 0.3) is 16.7 Å². The fraction of sp³-hybridized carbons (Fsp3) is 0.615. The summed E-state index contributed by atoms with van der Waals surface area (Å²) < 4.78 is 7.42. The number of nitrogens with one attached hydrogen (secondary N) is 2. The average molecular weight is 510 g/mol. The van der Waals surface area contributed by atoms with E-state index in [1.165, 1.54) is 0 Å². The van der Waals surface area contributed by atoms with Gasteiger partial charge in [-0.2, -0.15) is 5.10 Å². The van der Waals surface area contributed by atoms with Crippen LogP contribution in [0.5, 0.6) is 0 Å². The van der Waals surface area contributed by atoms with E-state index >= 15 is 0 Å². The number of rotatable bonds is 6. The Morgan fingerprint density at radius 3 is 2.32 bits per heavy atom. The molecule has 0 atom stereocenters. The molecule has 0 spiro atoms. The van der Waals surface area contributed by atoms with Gasteiger partial charge >= 0.3 is 0 Å². The number of likely N-dealkylation sites (tertiary alicyclic amines) is 2. The minimum Gasteiger partial charge on any atom is -0.381 e. The largest absolute Gasteiger partial charge is 0.381 e. The van der Waals surface area contributed by atoms with Crippen molar-refractivity contribution in [3.8, 4) is 0 Å². The van der Waals surface area contributed by atoms with E-state index in [1.807, 2.05) is 17.8 Å². The molecule has 3 fully saturated rings. The first-order chi connectivity index (χ1) is 18.1. The topological polar surface area (TPSA) is 114 Å². The predicted octanol–water partition coefficient (Wildman–Crippen LogP) is 1.90. The van der Waals surface area contributed by atoms with E-state index in [-0.39, 0.29) is 17.9 Å². The van der Waals surface area contributed by atoms with Crippen LogP contribution in [-0.4, -0.2) is 87.4 Å². The number of carbonyl (C=O) groups excluding carboxylic acids is 2. The van der Waals surface area contributed by atoms with E-state index in [4.69, 9.17) is 14.6 Å². The van der Waals surface area contributed by atoms with Crippen molar-refractivity contribution in [3.05, 3.63) is 24.0 Å². The molecule has 4 aliphatic heterocycles. The number of nitrogens with zero attached hydrogens (tertiary/aromatic N) is 5. The van der Waals surface area contributed by atoms with E-state index in [0.29, 0.717) is 51.6 Å². The monoisotopic (exact) mass is 509 g/mol. The number of hydrogen-bond acceptors (Lipinski definition) is 8. The number of ether oxygens (including phenoxy) is 1. The van der Waals surface area contributed by atoms with E-state index in [1.54, 1.807) is 22.1 Å². The van der Waals surface area contributed by atoms with Crippen LogP contribution < -0.4 is 10.8 Å². The quantitative estimate of drug-likeness (QED) is 0.568. The van der Waals surface area contributed by atoms with E-state index < -0.39 is 5.60 Å². The molecule has 2 N–H and O–H groups in total. The van der Waals surface area contributed by atoms with Crippen LogP contribution in [0, 0.1) is 0 Å². The molecule has 0 radical (unpaired) electrons. The summed E-state index contributed by atoms with van der Waals surface area (Å²) in [7, 11) is 0. The third-order valence-electron chi connectivity index (χ3n) is 7.92. The average Bonchev–Trinajstić information content (AvgIpc) is 3.75. The van der Waals surface area contributed by atoms with Gasteiger partial charge in [-0.15, -0.1) is 0 Å². The van der Waals surface area contributed by atoms with E-state index in [0.717, 1.165) is 60.8 Å². The first-order valence-electron chi connectivity index (χ1n) is 13.6. The molecule has 6 heterocycles. The number of aryl methyl sites for hydroxylation is 1. The maximum atomic E-state index is 13.8.